The quantitative estimate of drug-likeness (QED) is 0.888. The molecule has 2 rings (SSSR count). The Labute approximate surface area is 120 Å². The predicted octanol–water partition coefficient (Wildman–Crippen LogP) is 2.50. The molecule has 1 aromatic carbocycles. The highest BCUT2D eigenvalue weighted by molar-refractivity contribution is 5.96. The molecule has 110 valence electrons. The maximum absolute atomic E-state index is 12.4. The zero-order valence-corrected chi connectivity index (χ0v) is 12.5. The summed E-state index contributed by atoms with van der Waals surface area (Å²) in [6, 6.07) is 7.78. The van der Waals surface area contributed by atoms with Gasteiger partial charge in [0.1, 0.15) is 0 Å². The van der Waals surface area contributed by atoms with Gasteiger partial charge in [-0.1, -0.05) is 26.0 Å². The summed E-state index contributed by atoms with van der Waals surface area (Å²) >= 11 is 0. The summed E-state index contributed by atoms with van der Waals surface area (Å²) in [5.41, 5.74) is 7.42. The summed E-state index contributed by atoms with van der Waals surface area (Å²) < 4.78 is 5.31. The van der Waals surface area contributed by atoms with E-state index in [1.54, 1.807) is 0 Å². The molecule has 1 saturated heterocycles. The topological polar surface area (TPSA) is 64.3 Å². The van der Waals surface area contributed by atoms with Gasteiger partial charge in [-0.2, -0.15) is 0 Å². The van der Waals surface area contributed by atoms with E-state index in [9.17, 15) is 4.79 Å². The van der Waals surface area contributed by atoms with Crippen LogP contribution >= 0.6 is 0 Å². The first-order chi connectivity index (χ1) is 9.47. The van der Waals surface area contributed by atoms with Crippen LogP contribution in [0.4, 0.5) is 5.69 Å². The number of anilines is 1. The molecule has 0 radical (unpaired) electrons. The molecule has 3 N–H and O–H groups in total. The molecule has 4 heteroatoms. The number of hydrogen-bond acceptors (Lipinski definition) is 3. The summed E-state index contributed by atoms with van der Waals surface area (Å²) in [6.45, 7) is 7.04. The van der Waals surface area contributed by atoms with Crippen molar-refractivity contribution in [3.8, 4) is 0 Å². The predicted molar refractivity (Wildman–Crippen MR) is 80.7 cm³/mol. The van der Waals surface area contributed by atoms with E-state index in [1.807, 2.05) is 19.1 Å². The fourth-order valence-electron chi connectivity index (χ4n) is 2.33. The van der Waals surface area contributed by atoms with Crippen LogP contribution in [0.25, 0.3) is 0 Å². The van der Waals surface area contributed by atoms with E-state index < -0.39 is 5.41 Å². The molecule has 0 bridgehead atoms. The van der Waals surface area contributed by atoms with Crippen LogP contribution < -0.4 is 11.1 Å². The van der Waals surface area contributed by atoms with Gasteiger partial charge in [0.15, 0.2) is 0 Å². The molecule has 1 heterocycles. The molecule has 3 atom stereocenters. The highest BCUT2D eigenvalue weighted by atomic mass is 16.5. The van der Waals surface area contributed by atoms with Crippen LogP contribution in [0, 0.1) is 5.41 Å². The van der Waals surface area contributed by atoms with Gasteiger partial charge in [0, 0.05) is 11.7 Å². The number of carbonyl (C=O) groups is 1. The number of nitrogens with two attached hydrogens (primary N) is 1. The zero-order chi connectivity index (χ0) is 14.8. The van der Waals surface area contributed by atoms with Crippen molar-refractivity contribution in [2.24, 2.45) is 11.1 Å². The fraction of sp³-hybridized carbons (Fsp3) is 0.562. The average Bonchev–Trinajstić information content (AvgIpc) is 2.80. The number of nitrogens with one attached hydrogen (secondary N) is 1. The van der Waals surface area contributed by atoms with E-state index in [0.717, 1.165) is 12.1 Å². The van der Waals surface area contributed by atoms with E-state index >= 15 is 0 Å². The van der Waals surface area contributed by atoms with E-state index in [2.05, 4.69) is 31.3 Å². The third kappa shape index (κ3) is 2.86. The van der Waals surface area contributed by atoms with E-state index in [1.165, 1.54) is 5.56 Å². The van der Waals surface area contributed by atoms with Crippen LogP contribution in [0.5, 0.6) is 0 Å². The number of hydrogen-bond donors (Lipinski definition) is 2. The van der Waals surface area contributed by atoms with Crippen molar-refractivity contribution in [1.29, 1.82) is 0 Å². The van der Waals surface area contributed by atoms with Gasteiger partial charge in [-0.3, -0.25) is 4.79 Å². The van der Waals surface area contributed by atoms with Gasteiger partial charge < -0.3 is 15.8 Å². The Morgan fingerprint density at radius 3 is 2.65 bits per heavy atom. The van der Waals surface area contributed by atoms with Crippen LogP contribution in [-0.2, 0) is 9.53 Å². The summed E-state index contributed by atoms with van der Waals surface area (Å²) in [5, 5.41) is 2.94. The smallest absolute Gasteiger partial charge is 0.234 e. The Bertz CT molecular complexity index is 472. The maximum Gasteiger partial charge on any atom is 0.234 e. The second-order valence-corrected chi connectivity index (χ2v) is 5.92. The molecule has 1 amide bonds. The van der Waals surface area contributed by atoms with Gasteiger partial charge in [-0.25, -0.2) is 0 Å². The number of carbonyl (C=O) groups excluding carboxylic acids is 1. The highest BCUT2D eigenvalue weighted by Crippen LogP contribution is 2.29. The van der Waals surface area contributed by atoms with Crippen LogP contribution in [0.1, 0.15) is 38.7 Å². The Hall–Kier alpha value is -1.39. The first kappa shape index (κ1) is 15.0. The molecule has 0 saturated carbocycles. The molecule has 3 unspecified atom stereocenters. The van der Waals surface area contributed by atoms with E-state index in [0.29, 0.717) is 19.1 Å². The monoisotopic (exact) mass is 276 g/mol. The Kier molecular flexibility index (Phi) is 4.45. The average molecular weight is 276 g/mol. The van der Waals surface area contributed by atoms with Gasteiger partial charge in [0.25, 0.3) is 0 Å². The Balaban J connectivity index is 2.05. The van der Waals surface area contributed by atoms with Gasteiger partial charge in [-0.15, -0.1) is 0 Å². The molecule has 1 fully saturated rings. The normalized spacial score (nSPS) is 27.3. The second kappa shape index (κ2) is 5.94. The minimum Gasteiger partial charge on any atom is -0.379 e. The SMILES string of the molecule is CCC(C)c1ccc(NC(=O)C2(C)COCC2N)cc1. The second-order valence-electron chi connectivity index (χ2n) is 5.92. The molecular weight excluding hydrogens is 252 g/mol. The molecule has 4 nitrogen and oxygen atoms in total. The van der Waals surface area contributed by atoms with Crippen LogP contribution in [-0.4, -0.2) is 25.2 Å². The number of amides is 1. The number of benzene rings is 1. The van der Waals surface area contributed by atoms with Gasteiger partial charge in [0.05, 0.1) is 18.6 Å². The number of rotatable bonds is 4. The molecule has 1 aliphatic heterocycles. The zero-order valence-electron chi connectivity index (χ0n) is 12.5. The lowest BCUT2D eigenvalue weighted by molar-refractivity contribution is -0.125. The highest BCUT2D eigenvalue weighted by Gasteiger charge is 2.44. The maximum atomic E-state index is 12.4. The van der Waals surface area contributed by atoms with E-state index in [-0.39, 0.29) is 11.9 Å². The van der Waals surface area contributed by atoms with Crippen molar-refractivity contribution < 1.29 is 9.53 Å². The lowest BCUT2D eigenvalue weighted by Gasteiger charge is -2.25. The fourth-order valence-corrected chi connectivity index (χ4v) is 2.33. The Morgan fingerprint density at radius 1 is 1.50 bits per heavy atom. The van der Waals surface area contributed by atoms with Crippen molar-refractivity contribution in [1.82, 2.24) is 0 Å². The molecular formula is C16H24N2O2. The molecule has 0 spiro atoms. The first-order valence-electron chi connectivity index (χ1n) is 7.22. The summed E-state index contributed by atoms with van der Waals surface area (Å²) in [7, 11) is 0. The van der Waals surface area contributed by atoms with Crippen molar-refractivity contribution in [3.05, 3.63) is 29.8 Å². The van der Waals surface area contributed by atoms with Crippen molar-refractivity contribution in [3.63, 3.8) is 0 Å². The minimum atomic E-state index is -0.643. The first-order valence-corrected chi connectivity index (χ1v) is 7.22. The van der Waals surface area contributed by atoms with Crippen molar-refractivity contribution in [2.75, 3.05) is 18.5 Å². The molecule has 20 heavy (non-hydrogen) atoms. The standard InChI is InChI=1S/C16H24N2O2/c1-4-11(2)12-5-7-13(8-6-12)18-15(19)16(3)10-20-9-14(16)17/h5-8,11,14H,4,9-10,17H2,1-3H3,(H,18,19). The minimum absolute atomic E-state index is 0.0706. The lowest BCUT2D eigenvalue weighted by atomic mass is 9.85. The van der Waals surface area contributed by atoms with Gasteiger partial charge >= 0.3 is 0 Å². The van der Waals surface area contributed by atoms with Gasteiger partial charge in [0.2, 0.25) is 5.91 Å². The van der Waals surface area contributed by atoms with Crippen LogP contribution in [0.3, 0.4) is 0 Å². The molecule has 0 aliphatic carbocycles. The van der Waals surface area contributed by atoms with Gasteiger partial charge in [-0.05, 0) is 37.0 Å². The molecule has 1 aliphatic rings. The third-order valence-electron chi connectivity index (χ3n) is 4.39. The third-order valence-corrected chi connectivity index (χ3v) is 4.39. The molecule has 1 aromatic rings. The van der Waals surface area contributed by atoms with Crippen molar-refractivity contribution in [2.45, 2.75) is 39.2 Å². The Morgan fingerprint density at radius 2 is 2.15 bits per heavy atom. The van der Waals surface area contributed by atoms with Crippen LogP contribution in [0.15, 0.2) is 24.3 Å². The summed E-state index contributed by atoms with van der Waals surface area (Å²) in [4.78, 5) is 12.4. The number of ether oxygens (including phenoxy) is 1. The molecule has 0 aromatic heterocycles. The lowest BCUT2D eigenvalue weighted by Crippen LogP contribution is -2.47. The van der Waals surface area contributed by atoms with Crippen LogP contribution in [0.2, 0.25) is 0 Å². The largest absolute Gasteiger partial charge is 0.379 e. The summed E-state index contributed by atoms with van der Waals surface area (Å²) in [6.07, 6.45) is 1.11. The van der Waals surface area contributed by atoms with Crippen molar-refractivity contribution >= 4 is 11.6 Å². The summed E-state index contributed by atoms with van der Waals surface area (Å²) in [5.74, 6) is 0.465. The van der Waals surface area contributed by atoms with E-state index in [4.69, 9.17) is 10.5 Å².